The summed E-state index contributed by atoms with van der Waals surface area (Å²) >= 11 is 0. The highest BCUT2D eigenvalue weighted by molar-refractivity contribution is 5.96. The van der Waals surface area contributed by atoms with E-state index >= 15 is 0 Å². The van der Waals surface area contributed by atoms with Gasteiger partial charge in [-0.05, 0) is 47.4 Å². The van der Waals surface area contributed by atoms with Crippen LogP contribution in [0.1, 0.15) is 28.2 Å². The zero-order chi connectivity index (χ0) is 31.2. The maximum Gasteiger partial charge on any atom is 0.247 e. The molecular weight excluding hydrogens is 564 g/mol. The van der Waals surface area contributed by atoms with Crippen LogP contribution in [0.15, 0.2) is 78.4 Å². The molecule has 232 valence electrons. The number of nitrogens with one attached hydrogen (secondary N) is 1. The largest absolute Gasteiger partial charge is 0.496 e. The smallest absolute Gasteiger partial charge is 0.247 e. The first-order chi connectivity index (χ1) is 21.4. The van der Waals surface area contributed by atoms with Crippen LogP contribution in [-0.2, 0) is 29.0 Å². The Kier molecular flexibility index (Phi) is 9.84. The van der Waals surface area contributed by atoms with Crippen molar-refractivity contribution in [2.75, 3.05) is 33.9 Å². The molecule has 1 aliphatic heterocycles. The van der Waals surface area contributed by atoms with Gasteiger partial charge in [0.25, 0.3) is 0 Å². The lowest BCUT2D eigenvalue weighted by atomic mass is 9.77. The van der Waals surface area contributed by atoms with Crippen molar-refractivity contribution in [1.82, 2.24) is 10.2 Å². The number of aliphatic hydroxyl groups is 3. The van der Waals surface area contributed by atoms with Gasteiger partial charge in [-0.1, -0.05) is 48.5 Å². The number of amides is 2. The van der Waals surface area contributed by atoms with E-state index in [1.165, 1.54) is 7.11 Å². The van der Waals surface area contributed by atoms with Gasteiger partial charge in [-0.3, -0.25) is 9.59 Å². The van der Waals surface area contributed by atoms with Crippen molar-refractivity contribution in [2.24, 2.45) is 0 Å². The van der Waals surface area contributed by atoms with Gasteiger partial charge in [-0.15, -0.1) is 0 Å². The molecule has 3 aromatic carbocycles. The Morgan fingerprint density at radius 2 is 1.68 bits per heavy atom. The van der Waals surface area contributed by atoms with Crippen molar-refractivity contribution >= 4 is 11.8 Å². The number of benzene rings is 3. The lowest BCUT2D eigenvalue weighted by Gasteiger charge is -2.41. The van der Waals surface area contributed by atoms with E-state index in [1.807, 2.05) is 54.6 Å². The molecule has 4 atom stereocenters. The minimum Gasteiger partial charge on any atom is -0.496 e. The summed E-state index contributed by atoms with van der Waals surface area (Å²) in [4.78, 5) is 29.2. The number of carbonyl (C=O) groups is 2. The van der Waals surface area contributed by atoms with Crippen molar-refractivity contribution < 1.29 is 39.1 Å². The third-order valence-corrected chi connectivity index (χ3v) is 8.19. The molecule has 0 radical (unpaired) electrons. The molecule has 3 aromatic rings. The zero-order valence-electron chi connectivity index (χ0n) is 24.8. The number of methoxy groups -OCH3 is 2. The van der Waals surface area contributed by atoms with Gasteiger partial charge in [-0.25, -0.2) is 0 Å². The Hall–Kier alpha value is -4.38. The van der Waals surface area contributed by atoms with Crippen LogP contribution in [0.3, 0.4) is 0 Å². The number of hydrogen-bond acceptors (Lipinski definition) is 8. The summed E-state index contributed by atoms with van der Waals surface area (Å²) in [6.45, 7) is -0.251. The first-order valence-corrected chi connectivity index (χ1v) is 14.6. The Balaban J connectivity index is 1.57. The van der Waals surface area contributed by atoms with Crippen LogP contribution < -0.4 is 19.5 Å². The van der Waals surface area contributed by atoms with E-state index in [1.54, 1.807) is 30.2 Å². The maximum atomic E-state index is 14.0. The van der Waals surface area contributed by atoms with Crippen LogP contribution >= 0.6 is 0 Å². The average molecular weight is 603 g/mol. The van der Waals surface area contributed by atoms with Crippen molar-refractivity contribution in [1.29, 1.82) is 0 Å². The Labute approximate surface area is 256 Å². The minimum atomic E-state index is -1.21. The SMILES string of the molecule is COc1ccccc1CCN(C(=O)Cc1ccccc1)C1C=C(C(=O)NCCO)C2c3cc(CO)cc(OC)c3OC2C1O. The molecule has 0 saturated carbocycles. The number of carbonyl (C=O) groups excluding carboxylic acids is 2. The predicted octanol–water partition coefficient (Wildman–Crippen LogP) is 2.13. The number of para-hydroxylation sites is 1. The van der Waals surface area contributed by atoms with Gasteiger partial charge in [-0.2, -0.15) is 0 Å². The molecule has 4 N–H and O–H groups in total. The highest BCUT2D eigenvalue weighted by Crippen LogP contribution is 2.51. The van der Waals surface area contributed by atoms with E-state index in [2.05, 4.69) is 5.32 Å². The van der Waals surface area contributed by atoms with Crippen LogP contribution in [-0.4, -0.2) is 84.2 Å². The molecule has 0 bridgehead atoms. The summed E-state index contributed by atoms with van der Waals surface area (Å²) in [6, 6.07) is 19.4. The quantitative estimate of drug-likeness (QED) is 0.248. The van der Waals surface area contributed by atoms with Crippen molar-refractivity contribution in [3.8, 4) is 17.2 Å². The maximum absolute atomic E-state index is 14.0. The molecule has 10 nitrogen and oxygen atoms in total. The molecule has 2 aliphatic rings. The summed E-state index contributed by atoms with van der Waals surface area (Å²) in [7, 11) is 3.07. The molecule has 10 heteroatoms. The van der Waals surface area contributed by atoms with Crippen molar-refractivity contribution in [3.05, 3.63) is 101 Å². The Morgan fingerprint density at radius 3 is 2.39 bits per heavy atom. The Morgan fingerprint density at radius 1 is 0.955 bits per heavy atom. The fourth-order valence-corrected chi connectivity index (χ4v) is 6.08. The van der Waals surface area contributed by atoms with Gasteiger partial charge in [0.05, 0.1) is 45.8 Å². The number of hydrogen-bond donors (Lipinski definition) is 4. The monoisotopic (exact) mass is 602 g/mol. The van der Waals surface area contributed by atoms with E-state index < -0.39 is 30.1 Å². The molecule has 0 spiro atoms. The molecule has 5 rings (SSSR count). The molecule has 0 saturated heterocycles. The summed E-state index contributed by atoms with van der Waals surface area (Å²) in [5.41, 5.74) is 3.17. The van der Waals surface area contributed by atoms with E-state index in [9.17, 15) is 24.9 Å². The fraction of sp³-hybridized carbons (Fsp3) is 0.353. The lowest BCUT2D eigenvalue weighted by molar-refractivity contribution is -0.136. The van der Waals surface area contributed by atoms with Crippen LogP contribution in [0.4, 0.5) is 0 Å². The summed E-state index contributed by atoms with van der Waals surface area (Å²) in [5.74, 6) is 0.0554. The molecule has 4 unspecified atom stereocenters. The molecule has 0 fully saturated rings. The van der Waals surface area contributed by atoms with Crippen LogP contribution in [0.5, 0.6) is 17.2 Å². The number of fused-ring (bicyclic) bond motifs is 3. The first kappa shape index (κ1) is 31.1. The first-order valence-electron chi connectivity index (χ1n) is 14.6. The molecule has 1 aliphatic carbocycles. The van der Waals surface area contributed by atoms with Gasteiger partial charge in [0.2, 0.25) is 11.8 Å². The van der Waals surface area contributed by atoms with Gasteiger partial charge in [0.1, 0.15) is 18.0 Å². The third-order valence-electron chi connectivity index (χ3n) is 8.19. The van der Waals surface area contributed by atoms with Crippen molar-refractivity contribution in [3.63, 3.8) is 0 Å². The lowest BCUT2D eigenvalue weighted by Crippen LogP contribution is -2.56. The predicted molar refractivity (Wildman–Crippen MR) is 163 cm³/mol. The van der Waals surface area contributed by atoms with E-state index in [0.29, 0.717) is 40.4 Å². The van der Waals surface area contributed by atoms with Gasteiger partial charge in [0, 0.05) is 24.2 Å². The van der Waals surface area contributed by atoms with E-state index in [4.69, 9.17) is 14.2 Å². The topological polar surface area (TPSA) is 138 Å². The van der Waals surface area contributed by atoms with Gasteiger partial charge in [0.15, 0.2) is 11.5 Å². The van der Waals surface area contributed by atoms with Gasteiger partial charge >= 0.3 is 0 Å². The van der Waals surface area contributed by atoms with Crippen LogP contribution in [0, 0.1) is 0 Å². The minimum absolute atomic E-state index is 0.0267. The number of aliphatic hydroxyl groups excluding tert-OH is 3. The summed E-state index contributed by atoms with van der Waals surface area (Å²) < 4.78 is 17.4. The normalized spacial score (nSPS) is 20.1. The second-order valence-corrected chi connectivity index (χ2v) is 10.8. The van der Waals surface area contributed by atoms with Crippen LogP contribution in [0.25, 0.3) is 0 Å². The summed E-state index contributed by atoms with van der Waals surface area (Å²) in [5, 5.41) is 33.9. The Bertz CT molecular complexity index is 1510. The molecule has 44 heavy (non-hydrogen) atoms. The molecule has 2 amide bonds. The van der Waals surface area contributed by atoms with Crippen molar-refractivity contribution in [2.45, 2.75) is 43.6 Å². The second-order valence-electron chi connectivity index (χ2n) is 10.8. The average Bonchev–Trinajstić information content (AvgIpc) is 3.44. The second kappa shape index (κ2) is 13.9. The summed E-state index contributed by atoms with van der Waals surface area (Å²) in [6.07, 6.45) is 0.0487. The van der Waals surface area contributed by atoms with E-state index in [-0.39, 0.29) is 38.6 Å². The highest BCUT2D eigenvalue weighted by atomic mass is 16.5. The van der Waals surface area contributed by atoms with E-state index in [0.717, 1.165) is 11.1 Å². The number of rotatable bonds is 12. The molecule has 1 heterocycles. The van der Waals surface area contributed by atoms with Gasteiger partial charge < -0.3 is 39.7 Å². The standard InChI is InChI=1S/C34H38N2O8/c1-42-27-11-7-6-10-23(27)12-14-36(29(39)18-21-8-4-3-5-9-21)26-19-25(34(41)35-13-15-37)30-24-16-22(20-38)17-28(43-2)32(24)44-33(30)31(26)40/h3-11,16-17,19,26,30-31,33,37-38,40H,12-15,18,20H2,1-2H3,(H,35,41). The number of ether oxygens (including phenoxy) is 3. The van der Waals surface area contributed by atoms with Crippen LogP contribution in [0.2, 0.25) is 0 Å². The molecule has 0 aromatic heterocycles. The fourth-order valence-electron chi connectivity index (χ4n) is 6.08. The molecular formula is C34H38N2O8. The number of nitrogens with zero attached hydrogens (tertiary/aromatic N) is 1. The third kappa shape index (κ3) is 6.28. The highest BCUT2D eigenvalue weighted by Gasteiger charge is 2.51. The zero-order valence-corrected chi connectivity index (χ0v) is 24.8.